The molecule has 3 aromatic rings. The Hall–Kier alpha value is -2.80. The van der Waals surface area contributed by atoms with Gasteiger partial charge in [0.25, 0.3) is 5.92 Å². The van der Waals surface area contributed by atoms with Crippen LogP contribution in [0.5, 0.6) is 5.75 Å². The fourth-order valence-electron chi connectivity index (χ4n) is 4.02. The SMILES string of the molecule is CS(=O)(=O)c1cc(OCCCN(Cc2cccc(C(F)(F)F)c2Cl)CC(F)(F)c2ccc(F)cc2)ccc1CO. The third kappa shape index (κ3) is 8.35. The fraction of sp³-hybridized carbons (Fsp3) is 0.333. The molecule has 0 aliphatic carbocycles. The summed E-state index contributed by atoms with van der Waals surface area (Å²) < 4.78 is 113. The van der Waals surface area contributed by atoms with Gasteiger partial charge in [0.1, 0.15) is 11.6 Å². The molecule has 5 nitrogen and oxygen atoms in total. The van der Waals surface area contributed by atoms with Gasteiger partial charge in [-0.05, 0) is 47.9 Å². The molecule has 3 rings (SSSR count). The van der Waals surface area contributed by atoms with Gasteiger partial charge >= 0.3 is 6.18 Å². The van der Waals surface area contributed by atoms with E-state index in [0.29, 0.717) is 0 Å². The van der Waals surface area contributed by atoms with Crippen LogP contribution in [0, 0.1) is 5.82 Å². The average Bonchev–Trinajstić information content (AvgIpc) is 2.86. The van der Waals surface area contributed by atoms with E-state index >= 15 is 8.78 Å². The zero-order valence-electron chi connectivity index (χ0n) is 21.2. The van der Waals surface area contributed by atoms with E-state index < -0.39 is 57.1 Å². The van der Waals surface area contributed by atoms with Crippen molar-refractivity contribution in [2.45, 2.75) is 36.6 Å². The van der Waals surface area contributed by atoms with Gasteiger partial charge in [-0.15, -0.1) is 0 Å². The van der Waals surface area contributed by atoms with Gasteiger partial charge in [-0.3, -0.25) is 4.90 Å². The summed E-state index contributed by atoms with van der Waals surface area (Å²) in [5.41, 5.74) is -1.39. The van der Waals surface area contributed by atoms with Gasteiger partial charge in [-0.25, -0.2) is 12.8 Å². The number of halogens is 7. The number of aliphatic hydroxyl groups is 1. The van der Waals surface area contributed by atoms with Crippen molar-refractivity contribution in [1.29, 1.82) is 0 Å². The van der Waals surface area contributed by atoms with Gasteiger partial charge in [0, 0.05) is 24.9 Å². The maximum Gasteiger partial charge on any atom is 0.417 e. The highest BCUT2D eigenvalue weighted by molar-refractivity contribution is 7.90. The number of rotatable bonds is 12. The summed E-state index contributed by atoms with van der Waals surface area (Å²) in [6.45, 7) is -1.86. The number of benzene rings is 3. The van der Waals surface area contributed by atoms with Gasteiger partial charge in [-0.1, -0.05) is 41.9 Å². The van der Waals surface area contributed by atoms with Crippen molar-refractivity contribution >= 4 is 21.4 Å². The highest BCUT2D eigenvalue weighted by atomic mass is 35.5. The molecule has 13 heteroatoms. The predicted octanol–water partition coefficient (Wildman–Crippen LogP) is 6.46. The van der Waals surface area contributed by atoms with Crippen LogP contribution in [-0.2, 0) is 35.1 Å². The largest absolute Gasteiger partial charge is 0.494 e. The predicted molar refractivity (Wildman–Crippen MR) is 138 cm³/mol. The molecule has 218 valence electrons. The molecule has 0 unspecified atom stereocenters. The second-order valence-corrected chi connectivity index (χ2v) is 11.5. The topological polar surface area (TPSA) is 66.8 Å². The Morgan fingerprint density at radius 3 is 2.25 bits per heavy atom. The minimum atomic E-state index is -4.74. The van der Waals surface area contributed by atoms with Gasteiger partial charge in [0.15, 0.2) is 9.84 Å². The number of sulfone groups is 1. The number of hydrogen-bond acceptors (Lipinski definition) is 5. The van der Waals surface area contributed by atoms with E-state index in [9.17, 15) is 31.1 Å². The molecule has 40 heavy (non-hydrogen) atoms. The van der Waals surface area contributed by atoms with Gasteiger partial charge in [-0.2, -0.15) is 22.0 Å². The van der Waals surface area contributed by atoms with Crippen molar-refractivity contribution in [3.05, 3.63) is 93.8 Å². The molecule has 0 radical (unpaired) electrons. The van der Waals surface area contributed by atoms with E-state index in [-0.39, 0.29) is 47.9 Å². The minimum absolute atomic E-state index is 0.00953. The lowest BCUT2D eigenvalue weighted by atomic mass is 10.1. The summed E-state index contributed by atoms with van der Waals surface area (Å²) in [6.07, 6.45) is -3.63. The molecular formula is C27H26ClF6NO4S. The van der Waals surface area contributed by atoms with Crippen molar-refractivity contribution in [3.63, 3.8) is 0 Å². The highest BCUT2D eigenvalue weighted by Crippen LogP contribution is 2.37. The summed E-state index contributed by atoms with van der Waals surface area (Å²) in [4.78, 5) is 1.09. The maximum atomic E-state index is 15.1. The van der Waals surface area contributed by atoms with Crippen LogP contribution >= 0.6 is 11.6 Å². The van der Waals surface area contributed by atoms with E-state index in [2.05, 4.69) is 0 Å². The molecule has 0 atom stereocenters. The Bertz CT molecular complexity index is 1420. The van der Waals surface area contributed by atoms with Gasteiger partial charge in [0.2, 0.25) is 0 Å². The van der Waals surface area contributed by atoms with Crippen LogP contribution in [0.25, 0.3) is 0 Å². The summed E-state index contributed by atoms with van der Waals surface area (Å²) >= 11 is 5.99. The van der Waals surface area contributed by atoms with Crippen LogP contribution < -0.4 is 4.74 Å². The van der Waals surface area contributed by atoms with Crippen LogP contribution in [0.15, 0.2) is 65.6 Å². The van der Waals surface area contributed by atoms with E-state index in [1.165, 1.54) is 29.2 Å². The number of hydrogen-bond donors (Lipinski definition) is 1. The molecule has 0 spiro atoms. The molecule has 0 bridgehead atoms. The Balaban J connectivity index is 1.78. The number of alkyl halides is 5. The molecule has 3 aromatic carbocycles. The molecule has 0 aliphatic heterocycles. The summed E-state index contributed by atoms with van der Waals surface area (Å²) in [5.74, 6) is -4.01. The molecule has 0 aliphatic rings. The monoisotopic (exact) mass is 609 g/mol. The average molecular weight is 610 g/mol. The van der Waals surface area contributed by atoms with Crippen LogP contribution in [0.4, 0.5) is 26.3 Å². The molecule has 0 fully saturated rings. The first-order valence-corrected chi connectivity index (χ1v) is 14.2. The zero-order chi connectivity index (χ0) is 29.7. The smallest absolute Gasteiger partial charge is 0.417 e. The summed E-state index contributed by atoms with van der Waals surface area (Å²) in [5, 5.41) is 8.78. The molecule has 1 N–H and O–H groups in total. The second-order valence-electron chi connectivity index (χ2n) is 9.10. The minimum Gasteiger partial charge on any atom is -0.494 e. The van der Waals surface area contributed by atoms with Crippen LogP contribution in [0.3, 0.4) is 0 Å². The zero-order valence-corrected chi connectivity index (χ0v) is 22.8. The molecular weight excluding hydrogens is 584 g/mol. The lowest BCUT2D eigenvalue weighted by molar-refractivity contribution is -0.137. The van der Waals surface area contributed by atoms with Gasteiger partial charge in [0.05, 0.1) is 35.2 Å². The van der Waals surface area contributed by atoms with Crippen molar-refractivity contribution in [1.82, 2.24) is 4.90 Å². The molecule has 0 saturated heterocycles. The maximum absolute atomic E-state index is 15.1. The lowest BCUT2D eigenvalue weighted by Crippen LogP contribution is -2.36. The molecule has 0 aromatic heterocycles. The summed E-state index contributed by atoms with van der Waals surface area (Å²) in [6, 6.07) is 11.0. The Kier molecular flexibility index (Phi) is 10.2. The first kappa shape index (κ1) is 31.7. The van der Waals surface area contributed by atoms with E-state index in [0.717, 1.165) is 42.7 Å². The van der Waals surface area contributed by atoms with Crippen LogP contribution in [-0.4, -0.2) is 44.4 Å². The summed E-state index contributed by atoms with van der Waals surface area (Å²) in [7, 11) is -3.66. The molecule has 0 saturated carbocycles. The quantitative estimate of drug-likeness (QED) is 0.189. The number of aliphatic hydroxyl groups excluding tert-OH is 1. The highest BCUT2D eigenvalue weighted by Gasteiger charge is 2.36. The van der Waals surface area contributed by atoms with Crippen LogP contribution in [0.1, 0.15) is 28.7 Å². The standard InChI is InChI=1S/C27H26ClF6NO4S/c1-40(37,38)24-14-22(11-6-19(24)16-36)39-13-3-12-35(17-26(30,31)20-7-9-21(29)10-8-20)15-18-4-2-5-23(25(18)28)27(32,33)34/h2,4-11,14,36H,3,12-13,15-17H2,1H3. The van der Waals surface area contributed by atoms with Crippen molar-refractivity contribution < 1.29 is 44.6 Å². The Labute approximate surface area is 232 Å². The first-order chi connectivity index (χ1) is 18.6. The van der Waals surface area contributed by atoms with E-state index in [1.807, 2.05) is 0 Å². The first-order valence-electron chi connectivity index (χ1n) is 11.9. The fourth-order valence-corrected chi connectivity index (χ4v) is 5.25. The molecule has 0 amide bonds. The second kappa shape index (κ2) is 12.8. The normalized spacial score (nSPS) is 12.7. The molecule has 0 heterocycles. The van der Waals surface area contributed by atoms with Crippen molar-refractivity contribution in [3.8, 4) is 5.75 Å². The van der Waals surface area contributed by atoms with Crippen LogP contribution in [0.2, 0.25) is 5.02 Å². The van der Waals surface area contributed by atoms with E-state index in [1.54, 1.807) is 0 Å². The lowest BCUT2D eigenvalue weighted by Gasteiger charge is -2.28. The van der Waals surface area contributed by atoms with Gasteiger partial charge < -0.3 is 9.84 Å². The third-order valence-corrected chi connectivity index (χ3v) is 7.59. The number of nitrogens with zero attached hydrogens (tertiary/aromatic N) is 1. The van der Waals surface area contributed by atoms with Crippen molar-refractivity contribution in [2.24, 2.45) is 0 Å². The van der Waals surface area contributed by atoms with E-state index in [4.69, 9.17) is 16.3 Å². The van der Waals surface area contributed by atoms with Crippen molar-refractivity contribution in [2.75, 3.05) is 26.0 Å². The number of ether oxygens (including phenoxy) is 1. The third-order valence-electron chi connectivity index (χ3n) is 5.96. The Morgan fingerprint density at radius 2 is 1.65 bits per heavy atom. The Morgan fingerprint density at radius 1 is 0.975 bits per heavy atom.